The molecule has 6 nitrogen and oxygen atoms in total. The first-order chi connectivity index (χ1) is 8.67. The van der Waals surface area contributed by atoms with Crippen molar-refractivity contribution in [2.75, 3.05) is 7.05 Å². The summed E-state index contributed by atoms with van der Waals surface area (Å²) >= 11 is 0. The molecule has 0 aliphatic heterocycles. The zero-order valence-corrected chi connectivity index (χ0v) is 11.1. The van der Waals surface area contributed by atoms with E-state index in [2.05, 4.69) is 0 Å². The normalized spacial score (nSPS) is 15.2. The van der Waals surface area contributed by atoms with Crippen molar-refractivity contribution in [2.24, 2.45) is 0 Å². The second kappa shape index (κ2) is 5.64. The number of aliphatic hydroxyl groups is 1. The summed E-state index contributed by atoms with van der Waals surface area (Å²) in [5, 5.41) is 18.3. The van der Waals surface area contributed by atoms with Gasteiger partial charge < -0.3 is 10.2 Å². The molecule has 0 aliphatic rings. The number of likely N-dealkylation sites (N-methyl/N-ethyl adjacent to an activating group) is 1. The van der Waals surface area contributed by atoms with Crippen LogP contribution in [-0.4, -0.2) is 48.1 Å². The highest BCUT2D eigenvalue weighted by atomic mass is 32.2. The van der Waals surface area contributed by atoms with E-state index >= 15 is 0 Å². The molecule has 0 saturated carbocycles. The molecule has 0 fully saturated rings. The van der Waals surface area contributed by atoms with E-state index in [1.165, 1.54) is 6.92 Å². The van der Waals surface area contributed by atoms with Gasteiger partial charge in [0.2, 0.25) is 10.0 Å². The maximum Gasteiger partial charge on any atom is 0.324 e. The minimum absolute atomic E-state index is 0.247. The minimum atomic E-state index is -4.12. The third-order valence-corrected chi connectivity index (χ3v) is 4.45. The second-order valence-corrected chi connectivity index (χ2v) is 6.00. The Morgan fingerprint density at radius 1 is 1.32 bits per heavy atom. The third kappa shape index (κ3) is 3.28. The van der Waals surface area contributed by atoms with Gasteiger partial charge in [-0.2, -0.15) is 4.31 Å². The van der Waals surface area contributed by atoms with Crippen molar-refractivity contribution in [1.29, 1.82) is 0 Å². The molecule has 0 spiro atoms. The number of hydrogen-bond donors (Lipinski definition) is 2. The molecule has 8 heteroatoms. The number of halogens is 1. The average molecular weight is 291 g/mol. The van der Waals surface area contributed by atoms with Crippen LogP contribution in [0.3, 0.4) is 0 Å². The van der Waals surface area contributed by atoms with Crippen molar-refractivity contribution in [1.82, 2.24) is 4.31 Å². The molecule has 0 aromatic heterocycles. The SMILES string of the molecule is CC(O)[C@@H](C(=O)O)N(C)S(=O)(=O)c1ccc(F)cc1. The summed E-state index contributed by atoms with van der Waals surface area (Å²) in [7, 11) is -3.07. The van der Waals surface area contributed by atoms with Crippen LogP contribution in [0, 0.1) is 5.82 Å². The number of carboxylic acid groups (broad SMARTS) is 1. The molecule has 1 rings (SSSR count). The summed E-state index contributed by atoms with van der Waals surface area (Å²) in [6, 6.07) is 2.36. The van der Waals surface area contributed by atoms with Gasteiger partial charge in [-0.1, -0.05) is 0 Å². The van der Waals surface area contributed by atoms with E-state index in [1.807, 2.05) is 0 Å². The van der Waals surface area contributed by atoms with Gasteiger partial charge in [0.15, 0.2) is 0 Å². The van der Waals surface area contributed by atoms with Crippen LogP contribution >= 0.6 is 0 Å². The fraction of sp³-hybridized carbons (Fsp3) is 0.364. The molecule has 0 radical (unpaired) electrons. The van der Waals surface area contributed by atoms with E-state index in [1.54, 1.807) is 0 Å². The summed E-state index contributed by atoms with van der Waals surface area (Å²) in [6.07, 6.45) is -1.39. The lowest BCUT2D eigenvalue weighted by Gasteiger charge is -2.26. The van der Waals surface area contributed by atoms with E-state index < -0.39 is 34.0 Å². The van der Waals surface area contributed by atoms with E-state index in [-0.39, 0.29) is 4.90 Å². The molecule has 106 valence electrons. The molecule has 1 aromatic rings. The molecule has 0 heterocycles. The molecule has 19 heavy (non-hydrogen) atoms. The maximum absolute atomic E-state index is 12.7. The van der Waals surface area contributed by atoms with Crippen LogP contribution in [0.5, 0.6) is 0 Å². The fourth-order valence-corrected chi connectivity index (χ4v) is 2.97. The molecule has 0 aliphatic carbocycles. The van der Waals surface area contributed by atoms with Crippen LogP contribution in [-0.2, 0) is 14.8 Å². The van der Waals surface area contributed by atoms with Crippen molar-refractivity contribution < 1.29 is 27.8 Å². The summed E-state index contributed by atoms with van der Waals surface area (Å²) in [4.78, 5) is 10.7. The Balaban J connectivity index is 3.19. The fourth-order valence-electron chi connectivity index (χ4n) is 1.59. The minimum Gasteiger partial charge on any atom is -0.480 e. The van der Waals surface area contributed by atoms with Crippen molar-refractivity contribution >= 4 is 16.0 Å². The lowest BCUT2D eigenvalue weighted by Crippen LogP contribution is -2.48. The number of aliphatic hydroxyl groups excluding tert-OH is 1. The Morgan fingerprint density at radius 2 is 1.79 bits per heavy atom. The molecule has 1 unspecified atom stereocenters. The summed E-state index contributed by atoms with van der Waals surface area (Å²) < 4.78 is 37.5. The maximum atomic E-state index is 12.7. The molecular weight excluding hydrogens is 277 g/mol. The van der Waals surface area contributed by atoms with Crippen molar-refractivity contribution in [3.05, 3.63) is 30.1 Å². The number of aliphatic carboxylic acids is 1. The van der Waals surface area contributed by atoms with Gasteiger partial charge in [0.1, 0.15) is 11.9 Å². The first kappa shape index (κ1) is 15.5. The van der Waals surface area contributed by atoms with Crippen LogP contribution in [0.1, 0.15) is 6.92 Å². The summed E-state index contributed by atoms with van der Waals surface area (Å²) in [5.74, 6) is -2.07. The predicted molar refractivity (Wildman–Crippen MR) is 64.5 cm³/mol. The van der Waals surface area contributed by atoms with E-state index in [4.69, 9.17) is 5.11 Å². The van der Waals surface area contributed by atoms with Crippen LogP contribution in [0.2, 0.25) is 0 Å². The van der Waals surface area contributed by atoms with Gasteiger partial charge in [0.25, 0.3) is 0 Å². The van der Waals surface area contributed by atoms with Crippen molar-refractivity contribution in [3.63, 3.8) is 0 Å². The quantitative estimate of drug-likeness (QED) is 0.812. The number of benzene rings is 1. The molecule has 1 aromatic carbocycles. The Bertz CT molecular complexity index is 555. The summed E-state index contributed by atoms with van der Waals surface area (Å²) in [5.41, 5.74) is 0. The first-order valence-corrected chi connectivity index (χ1v) is 6.76. The number of nitrogens with zero attached hydrogens (tertiary/aromatic N) is 1. The number of hydrogen-bond acceptors (Lipinski definition) is 4. The molecule has 0 saturated heterocycles. The van der Waals surface area contributed by atoms with Gasteiger partial charge in [-0.15, -0.1) is 0 Å². The van der Waals surface area contributed by atoms with Crippen molar-refractivity contribution in [2.45, 2.75) is 24.0 Å². The Morgan fingerprint density at radius 3 is 2.16 bits per heavy atom. The lowest BCUT2D eigenvalue weighted by atomic mass is 10.2. The van der Waals surface area contributed by atoms with E-state index in [0.717, 1.165) is 31.3 Å². The highest BCUT2D eigenvalue weighted by Gasteiger charge is 2.36. The van der Waals surface area contributed by atoms with Gasteiger partial charge in [0.05, 0.1) is 11.0 Å². The van der Waals surface area contributed by atoms with E-state index in [0.29, 0.717) is 4.31 Å². The Hall–Kier alpha value is -1.51. The zero-order valence-electron chi connectivity index (χ0n) is 10.3. The highest BCUT2D eigenvalue weighted by Crippen LogP contribution is 2.18. The standard InChI is InChI=1S/C11H14FNO5S/c1-7(14)10(11(15)16)13(2)19(17,18)9-5-3-8(12)4-6-9/h3-7,10,14H,1-2H3,(H,15,16)/t7?,10-/m0/s1. The van der Waals surface area contributed by atoms with Crippen LogP contribution in [0.15, 0.2) is 29.2 Å². The van der Waals surface area contributed by atoms with Gasteiger partial charge in [-0.25, -0.2) is 12.8 Å². The number of sulfonamides is 1. The van der Waals surface area contributed by atoms with Gasteiger partial charge in [0, 0.05) is 7.05 Å². The largest absolute Gasteiger partial charge is 0.480 e. The lowest BCUT2D eigenvalue weighted by molar-refractivity contribution is -0.144. The van der Waals surface area contributed by atoms with E-state index in [9.17, 15) is 22.7 Å². The monoisotopic (exact) mass is 291 g/mol. The zero-order chi connectivity index (χ0) is 14.8. The van der Waals surface area contributed by atoms with Gasteiger partial charge >= 0.3 is 5.97 Å². The molecule has 2 N–H and O–H groups in total. The predicted octanol–water partition coefficient (Wildman–Crippen LogP) is 0.280. The average Bonchev–Trinajstić information content (AvgIpc) is 2.28. The third-order valence-electron chi connectivity index (χ3n) is 2.59. The Labute approximate surface area is 110 Å². The molecular formula is C11H14FNO5S. The van der Waals surface area contributed by atoms with Crippen LogP contribution in [0.25, 0.3) is 0 Å². The number of carboxylic acids is 1. The van der Waals surface area contributed by atoms with Crippen molar-refractivity contribution in [3.8, 4) is 0 Å². The second-order valence-electron chi connectivity index (χ2n) is 4.00. The van der Waals surface area contributed by atoms with Gasteiger partial charge in [-0.3, -0.25) is 4.79 Å². The molecule has 2 atom stereocenters. The van der Waals surface area contributed by atoms with Crippen LogP contribution in [0.4, 0.5) is 4.39 Å². The van der Waals surface area contributed by atoms with Crippen LogP contribution < -0.4 is 0 Å². The number of rotatable bonds is 5. The topological polar surface area (TPSA) is 94.9 Å². The summed E-state index contributed by atoms with van der Waals surface area (Å²) in [6.45, 7) is 1.18. The highest BCUT2D eigenvalue weighted by molar-refractivity contribution is 7.89. The van der Waals surface area contributed by atoms with Gasteiger partial charge in [-0.05, 0) is 31.2 Å². The smallest absolute Gasteiger partial charge is 0.324 e. The number of carbonyl (C=O) groups is 1. The molecule has 0 bridgehead atoms. The molecule has 0 amide bonds. The Kier molecular flexibility index (Phi) is 4.61. The first-order valence-electron chi connectivity index (χ1n) is 5.32.